The molecule has 4 rings (SSSR count). The second-order valence-corrected chi connectivity index (χ2v) is 8.58. The second kappa shape index (κ2) is 8.31. The summed E-state index contributed by atoms with van der Waals surface area (Å²) in [6.45, 7) is 2.51. The zero-order valence-electron chi connectivity index (χ0n) is 18.1. The maximum Gasteiger partial charge on any atom is 0.254 e. The van der Waals surface area contributed by atoms with Gasteiger partial charge < -0.3 is 19.5 Å². The minimum Gasteiger partial charge on any atom is -0.493 e. The largest absolute Gasteiger partial charge is 0.493 e. The first-order valence-corrected chi connectivity index (χ1v) is 10.8. The molecule has 0 bridgehead atoms. The Kier molecular flexibility index (Phi) is 5.74. The molecule has 0 spiro atoms. The van der Waals surface area contributed by atoms with E-state index < -0.39 is 5.60 Å². The van der Waals surface area contributed by atoms with Gasteiger partial charge in [0.2, 0.25) is 0 Å². The molecule has 2 fully saturated rings. The molecule has 2 aromatic rings. The van der Waals surface area contributed by atoms with Crippen molar-refractivity contribution in [2.24, 2.45) is 5.92 Å². The molecule has 5 nitrogen and oxygen atoms in total. The van der Waals surface area contributed by atoms with Crippen LogP contribution in [-0.4, -0.2) is 42.3 Å². The molecule has 5 heteroatoms. The quantitative estimate of drug-likeness (QED) is 0.807. The molecule has 1 aliphatic heterocycles. The highest BCUT2D eigenvalue weighted by Gasteiger charge is 2.50. The van der Waals surface area contributed by atoms with Crippen molar-refractivity contribution in [2.45, 2.75) is 50.7 Å². The molecule has 2 aliphatic rings. The third kappa shape index (κ3) is 3.56. The van der Waals surface area contributed by atoms with Crippen LogP contribution in [0.15, 0.2) is 42.5 Å². The molecule has 160 valence electrons. The van der Waals surface area contributed by atoms with Crippen LogP contribution in [0.4, 0.5) is 0 Å². The number of rotatable bonds is 4. The molecule has 1 heterocycles. The lowest BCUT2D eigenvalue weighted by molar-refractivity contribution is -0.115. The van der Waals surface area contributed by atoms with Crippen LogP contribution in [0.25, 0.3) is 0 Å². The van der Waals surface area contributed by atoms with E-state index in [0.29, 0.717) is 24.5 Å². The standard InChI is InChI=1S/C25H31NO4/c1-17-8-4-5-9-19(17)24(27)26-15-14-25(28)13-7-6-10-20(25)23(26)18-11-12-21(29-2)22(16-18)30-3/h4-5,8-9,11-12,16,20,23,28H,6-7,10,13-15H2,1-3H3/t20-,23-,25-/m1/s1. The SMILES string of the molecule is COc1ccc([C@@H]2[C@H]3CCCC[C@@]3(O)CCN2C(=O)c2ccccc2C)cc1OC. The minimum atomic E-state index is -0.724. The van der Waals surface area contributed by atoms with E-state index in [2.05, 4.69) is 0 Å². The zero-order valence-corrected chi connectivity index (χ0v) is 18.1. The van der Waals surface area contributed by atoms with Crippen LogP contribution >= 0.6 is 0 Å². The molecule has 30 heavy (non-hydrogen) atoms. The number of aryl methyl sites for hydroxylation is 1. The van der Waals surface area contributed by atoms with Crippen molar-refractivity contribution in [3.8, 4) is 11.5 Å². The van der Waals surface area contributed by atoms with Crippen molar-refractivity contribution in [1.29, 1.82) is 0 Å². The van der Waals surface area contributed by atoms with Gasteiger partial charge in [-0.05, 0) is 55.5 Å². The first-order valence-electron chi connectivity index (χ1n) is 10.8. The number of aliphatic hydroxyl groups is 1. The van der Waals surface area contributed by atoms with Gasteiger partial charge in [-0.2, -0.15) is 0 Å². The molecular weight excluding hydrogens is 378 g/mol. The Hall–Kier alpha value is -2.53. The molecule has 1 amide bonds. The van der Waals surface area contributed by atoms with E-state index in [1.807, 2.05) is 54.3 Å². The Bertz CT molecular complexity index is 927. The lowest BCUT2D eigenvalue weighted by Gasteiger charge is -2.52. The van der Waals surface area contributed by atoms with E-state index in [4.69, 9.17) is 9.47 Å². The van der Waals surface area contributed by atoms with Gasteiger partial charge in [0, 0.05) is 18.0 Å². The number of carbonyl (C=O) groups is 1. The van der Waals surface area contributed by atoms with E-state index in [1.165, 1.54) is 0 Å². The Morgan fingerprint density at radius 1 is 1.07 bits per heavy atom. The number of likely N-dealkylation sites (tertiary alicyclic amines) is 1. The van der Waals surface area contributed by atoms with Gasteiger partial charge >= 0.3 is 0 Å². The number of fused-ring (bicyclic) bond motifs is 1. The highest BCUT2D eigenvalue weighted by Crippen LogP contribution is 2.50. The van der Waals surface area contributed by atoms with Crippen LogP contribution < -0.4 is 9.47 Å². The first-order chi connectivity index (χ1) is 14.5. The monoisotopic (exact) mass is 409 g/mol. The van der Waals surface area contributed by atoms with Crippen molar-refractivity contribution in [3.63, 3.8) is 0 Å². The highest BCUT2D eigenvalue weighted by molar-refractivity contribution is 5.96. The number of amides is 1. The number of benzene rings is 2. The molecule has 0 radical (unpaired) electrons. The van der Waals surface area contributed by atoms with E-state index in [1.54, 1.807) is 14.2 Å². The van der Waals surface area contributed by atoms with Gasteiger partial charge in [-0.1, -0.05) is 37.1 Å². The van der Waals surface area contributed by atoms with Gasteiger partial charge in [-0.15, -0.1) is 0 Å². The summed E-state index contributed by atoms with van der Waals surface area (Å²) in [4.78, 5) is 15.6. The number of hydrogen-bond donors (Lipinski definition) is 1. The smallest absolute Gasteiger partial charge is 0.254 e. The second-order valence-electron chi connectivity index (χ2n) is 8.58. The number of hydrogen-bond acceptors (Lipinski definition) is 4. The third-order valence-corrected chi connectivity index (χ3v) is 6.95. The van der Waals surface area contributed by atoms with Gasteiger partial charge in [0.05, 0.1) is 25.9 Å². The van der Waals surface area contributed by atoms with Crippen LogP contribution in [-0.2, 0) is 0 Å². The van der Waals surface area contributed by atoms with Crippen LogP contribution in [0.2, 0.25) is 0 Å². The molecule has 0 aromatic heterocycles. The summed E-state index contributed by atoms with van der Waals surface area (Å²) in [6.07, 6.45) is 4.44. The van der Waals surface area contributed by atoms with E-state index >= 15 is 0 Å². The molecule has 3 atom stereocenters. The number of ether oxygens (including phenoxy) is 2. The van der Waals surface area contributed by atoms with Crippen molar-refractivity contribution in [1.82, 2.24) is 4.90 Å². The Morgan fingerprint density at radius 3 is 2.57 bits per heavy atom. The van der Waals surface area contributed by atoms with Crippen molar-refractivity contribution >= 4 is 5.91 Å². The topological polar surface area (TPSA) is 59.0 Å². The maximum absolute atomic E-state index is 13.6. The van der Waals surface area contributed by atoms with Gasteiger partial charge in [0.25, 0.3) is 5.91 Å². The summed E-state index contributed by atoms with van der Waals surface area (Å²) in [5, 5.41) is 11.5. The first kappa shape index (κ1) is 20.7. The van der Waals surface area contributed by atoms with Crippen LogP contribution in [0.5, 0.6) is 11.5 Å². The Labute approximate surface area is 178 Å². The van der Waals surface area contributed by atoms with Crippen LogP contribution in [0.1, 0.15) is 59.6 Å². The molecule has 1 saturated carbocycles. The fourth-order valence-corrected chi connectivity index (χ4v) is 5.33. The zero-order chi connectivity index (χ0) is 21.3. The fraction of sp³-hybridized carbons (Fsp3) is 0.480. The molecule has 1 N–H and O–H groups in total. The molecule has 2 aromatic carbocycles. The average molecular weight is 410 g/mol. The van der Waals surface area contributed by atoms with E-state index in [9.17, 15) is 9.90 Å². The van der Waals surface area contributed by atoms with Crippen molar-refractivity contribution < 1.29 is 19.4 Å². The van der Waals surface area contributed by atoms with Crippen molar-refractivity contribution in [2.75, 3.05) is 20.8 Å². The summed E-state index contributed by atoms with van der Waals surface area (Å²) in [5.41, 5.74) is 1.96. The fourth-order valence-electron chi connectivity index (χ4n) is 5.33. The molecule has 0 unspecified atom stereocenters. The highest BCUT2D eigenvalue weighted by atomic mass is 16.5. The third-order valence-electron chi connectivity index (χ3n) is 6.95. The Morgan fingerprint density at radius 2 is 1.83 bits per heavy atom. The maximum atomic E-state index is 13.6. The summed E-state index contributed by atoms with van der Waals surface area (Å²) >= 11 is 0. The van der Waals surface area contributed by atoms with Gasteiger partial charge in [0.1, 0.15) is 0 Å². The molecule has 1 aliphatic carbocycles. The normalized spacial score (nSPS) is 26.1. The van der Waals surface area contributed by atoms with Gasteiger partial charge in [-0.3, -0.25) is 4.79 Å². The Balaban J connectivity index is 1.79. The number of carbonyl (C=O) groups excluding carboxylic acids is 1. The van der Waals surface area contributed by atoms with Crippen LogP contribution in [0, 0.1) is 12.8 Å². The van der Waals surface area contributed by atoms with E-state index in [0.717, 1.165) is 42.4 Å². The summed E-state index contributed by atoms with van der Waals surface area (Å²) in [7, 11) is 3.24. The predicted molar refractivity (Wildman–Crippen MR) is 116 cm³/mol. The lowest BCUT2D eigenvalue weighted by atomic mass is 9.66. The minimum absolute atomic E-state index is 0.00562. The van der Waals surface area contributed by atoms with Gasteiger partial charge in [0.15, 0.2) is 11.5 Å². The molecular formula is C25H31NO4. The summed E-state index contributed by atoms with van der Waals surface area (Å²) in [6, 6.07) is 13.4. The number of piperidine rings is 1. The molecule has 1 saturated heterocycles. The summed E-state index contributed by atoms with van der Waals surface area (Å²) < 4.78 is 10.9. The van der Waals surface area contributed by atoms with Gasteiger partial charge in [-0.25, -0.2) is 0 Å². The van der Waals surface area contributed by atoms with Crippen LogP contribution in [0.3, 0.4) is 0 Å². The van der Waals surface area contributed by atoms with Crippen molar-refractivity contribution in [3.05, 3.63) is 59.2 Å². The number of methoxy groups -OCH3 is 2. The lowest BCUT2D eigenvalue weighted by Crippen LogP contribution is -2.56. The average Bonchev–Trinajstić information content (AvgIpc) is 2.77. The van der Waals surface area contributed by atoms with E-state index in [-0.39, 0.29) is 17.9 Å². The number of nitrogens with zero attached hydrogens (tertiary/aromatic N) is 1. The predicted octanol–water partition coefficient (Wildman–Crippen LogP) is 4.52. The summed E-state index contributed by atoms with van der Waals surface area (Å²) in [5.74, 6) is 1.34.